The molecule has 2 heterocycles. The van der Waals surface area contributed by atoms with E-state index in [4.69, 9.17) is 9.26 Å². The molecular formula is C18H23N5O4. The molecule has 1 saturated heterocycles. The second kappa shape index (κ2) is 8.63. The molecule has 1 aliphatic heterocycles. The number of amides is 2. The molecule has 9 heteroatoms. The maximum absolute atomic E-state index is 12.2. The molecule has 1 N–H and O–H groups in total. The zero-order valence-corrected chi connectivity index (χ0v) is 15.5. The fourth-order valence-electron chi connectivity index (χ4n) is 2.92. The number of para-hydroxylation sites is 2. The van der Waals surface area contributed by atoms with Gasteiger partial charge in [0.25, 0.3) is 0 Å². The summed E-state index contributed by atoms with van der Waals surface area (Å²) in [7, 11) is 1.55. The molecule has 2 aromatic rings. The summed E-state index contributed by atoms with van der Waals surface area (Å²) in [6.07, 6.45) is 0.0136. The Kier molecular flexibility index (Phi) is 6.02. The molecule has 0 atom stereocenters. The third-order valence-electron chi connectivity index (χ3n) is 4.39. The van der Waals surface area contributed by atoms with Gasteiger partial charge in [0.15, 0.2) is 5.82 Å². The van der Waals surface area contributed by atoms with Crippen molar-refractivity contribution in [2.24, 2.45) is 0 Å². The van der Waals surface area contributed by atoms with Crippen molar-refractivity contribution >= 4 is 17.5 Å². The van der Waals surface area contributed by atoms with Gasteiger partial charge in [-0.05, 0) is 12.1 Å². The topological polar surface area (TPSA) is 101 Å². The number of nitrogens with one attached hydrogen (secondary N) is 1. The molecule has 0 bridgehead atoms. The van der Waals surface area contributed by atoms with E-state index in [1.807, 2.05) is 17.0 Å². The highest BCUT2D eigenvalue weighted by Crippen LogP contribution is 2.23. The lowest BCUT2D eigenvalue weighted by molar-refractivity contribution is -0.130. The van der Waals surface area contributed by atoms with Crippen molar-refractivity contribution in [1.29, 1.82) is 0 Å². The van der Waals surface area contributed by atoms with Crippen molar-refractivity contribution in [2.75, 3.05) is 38.6 Å². The fourth-order valence-corrected chi connectivity index (χ4v) is 2.92. The van der Waals surface area contributed by atoms with E-state index < -0.39 is 0 Å². The Labute approximate surface area is 157 Å². The van der Waals surface area contributed by atoms with Gasteiger partial charge >= 0.3 is 0 Å². The first kappa shape index (κ1) is 18.8. The summed E-state index contributed by atoms with van der Waals surface area (Å²) in [5.41, 5.74) is 0.595. The van der Waals surface area contributed by atoms with Gasteiger partial charge in [0, 0.05) is 33.1 Å². The second-order valence-electron chi connectivity index (χ2n) is 6.31. The van der Waals surface area contributed by atoms with Gasteiger partial charge in [-0.25, -0.2) is 0 Å². The van der Waals surface area contributed by atoms with Crippen LogP contribution in [-0.4, -0.2) is 65.0 Å². The van der Waals surface area contributed by atoms with Crippen LogP contribution < -0.4 is 10.1 Å². The lowest BCUT2D eigenvalue weighted by Gasteiger charge is -2.33. The number of carbonyl (C=O) groups excluding carboxylic acids is 2. The van der Waals surface area contributed by atoms with Crippen LogP contribution in [0, 0.1) is 0 Å². The number of anilines is 1. The Balaban J connectivity index is 1.50. The van der Waals surface area contributed by atoms with E-state index in [0.717, 1.165) is 13.1 Å². The SMILES string of the molecule is COc1ccccc1NC(=O)Cc1noc(CN2CCN(C(C)=O)CC2)n1. The highest BCUT2D eigenvalue weighted by Gasteiger charge is 2.21. The number of carbonyl (C=O) groups is 2. The predicted molar refractivity (Wildman–Crippen MR) is 97.2 cm³/mol. The number of aromatic nitrogens is 2. The van der Waals surface area contributed by atoms with Gasteiger partial charge < -0.3 is 19.5 Å². The van der Waals surface area contributed by atoms with Crippen molar-refractivity contribution in [3.63, 3.8) is 0 Å². The third-order valence-corrected chi connectivity index (χ3v) is 4.39. The molecule has 1 fully saturated rings. The molecule has 3 rings (SSSR count). The van der Waals surface area contributed by atoms with Crippen LogP contribution in [0.15, 0.2) is 28.8 Å². The Morgan fingerprint density at radius 2 is 1.96 bits per heavy atom. The van der Waals surface area contributed by atoms with Crippen LogP contribution in [0.4, 0.5) is 5.69 Å². The number of piperazine rings is 1. The van der Waals surface area contributed by atoms with Gasteiger partial charge in [-0.1, -0.05) is 17.3 Å². The third kappa shape index (κ3) is 5.04. The van der Waals surface area contributed by atoms with E-state index in [0.29, 0.717) is 42.8 Å². The number of benzene rings is 1. The molecule has 9 nitrogen and oxygen atoms in total. The minimum absolute atomic E-state index is 0.0136. The van der Waals surface area contributed by atoms with Crippen LogP contribution in [0.1, 0.15) is 18.6 Å². The largest absolute Gasteiger partial charge is 0.495 e. The number of methoxy groups -OCH3 is 1. The van der Waals surface area contributed by atoms with Crippen LogP contribution in [0.3, 0.4) is 0 Å². The van der Waals surface area contributed by atoms with E-state index in [2.05, 4.69) is 20.4 Å². The van der Waals surface area contributed by atoms with E-state index in [1.165, 1.54) is 0 Å². The van der Waals surface area contributed by atoms with Crippen molar-refractivity contribution in [3.8, 4) is 5.75 Å². The molecule has 1 aromatic heterocycles. The molecule has 2 amide bonds. The molecule has 1 aromatic carbocycles. The first-order chi connectivity index (χ1) is 13.0. The quantitative estimate of drug-likeness (QED) is 0.804. The lowest BCUT2D eigenvalue weighted by Crippen LogP contribution is -2.47. The highest BCUT2D eigenvalue weighted by atomic mass is 16.5. The van der Waals surface area contributed by atoms with Gasteiger partial charge in [-0.3, -0.25) is 14.5 Å². The number of ether oxygens (including phenoxy) is 1. The second-order valence-corrected chi connectivity index (χ2v) is 6.31. The predicted octanol–water partition coefficient (Wildman–Crippen LogP) is 0.923. The first-order valence-corrected chi connectivity index (χ1v) is 8.77. The smallest absolute Gasteiger partial charge is 0.240 e. The summed E-state index contributed by atoms with van der Waals surface area (Å²) in [5, 5.41) is 6.66. The Hall–Kier alpha value is -2.94. The van der Waals surface area contributed by atoms with E-state index in [-0.39, 0.29) is 18.2 Å². The number of hydrogen-bond donors (Lipinski definition) is 1. The maximum atomic E-state index is 12.2. The zero-order valence-electron chi connectivity index (χ0n) is 15.5. The standard InChI is InChI=1S/C18H23N5O4/c1-13(24)23-9-7-22(8-10-23)12-18-20-16(21-27-18)11-17(25)19-14-5-3-4-6-15(14)26-2/h3-6H,7-12H2,1-2H3,(H,19,25). The van der Waals surface area contributed by atoms with Crippen LogP contribution in [0.2, 0.25) is 0 Å². The fraction of sp³-hybridized carbons (Fsp3) is 0.444. The minimum atomic E-state index is -0.248. The maximum Gasteiger partial charge on any atom is 0.240 e. The minimum Gasteiger partial charge on any atom is -0.495 e. The Morgan fingerprint density at radius 3 is 2.67 bits per heavy atom. The van der Waals surface area contributed by atoms with Crippen molar-refractivity contribution in [2.45, 2.75) is 19.9 Å². The van der Waals surface area contributed by atoms with Crippen LogP contribution >= 0.6 is 0 Å². The summed E-state index contributed by atoms with van der Waals surface area (Å²) >= 11 is 0. The van der Waals surface area contributed by atoms with Crippen molar-refractivity contribution < 1.29 is 18.8 Å². The Morgan fingerprint density at radius 1 is 1.22 bits per heavy atom. The number of hydrogen-bond acceptors (Lipinski definition) is 7. The molecule has 0 saturated carbocycles. The van der Waals surface area contributed by atoms with Gasteiger partial charge in [0.05, 0.1) is 25.8 Å². The highest BCUT2D eigenvalue weighted by molar-refractivity contribution is 5.93. The normalized spacial score (nSPS) is 14.8. The number of rotatable bonds is 6. The van der Waals surface area contributed by atoms with Crippen LogP contribution in [0.5, 0.6) is 5.75 Å². The molecule has 0 aliphatic carbocycles. The molecule has 0 unspecified atom stereocenters. The molecule has 1 aliphatic rings. The number of nitrogens with zero attached hydrogens (tertiary/aromatic N) is 4. The zero-order chi connectivity index (χ0) is 19.2. The average Bonchev–Trinajstić information content (AvgIpc) is 3.09. The summed E-state index contributed by atoms with van der Waals surface area (Å²) in [6, 6.07) is 7.18. The summed E-state index contributed by atoms with van der Waals surface area (Å²) in [6.45, 7) is 4.98. The van der Waals surface area contributed by atoms with Crippen LogP contribution in [-0.2, 0) is 22.6 Å². The molecule has 0 spiro atoms. The average molecular weight is 373 g/mol. The van der Waals surface area contributed by atoms with E-state index >= 15 is 0 Å². The summed E-state index contributed by atoms with van der Waals surface area (Å²) in [4.78, 5) is 31.8. The first-order valence-electron chi connectivity index (χ1n) is 8.77. The summed E-state index contributed by atoms with van der Waals surface area (Å²) < 4.78 is 10.5. The van der Waals surface area contributed by atoms with Gasteiger partial charge in [-0.15, -0.1) is 0 Å². The lowest BCUT2D eigenvalue weighted by atomic mass is 10.2. The molecular weight excluding hydrogens is 350 g/mol. The molecule has 144 valence electrons. The monoisotopic (exact) mass is 373 g/mol. The molecule has 27 heavy (non-hydrogen) atoms. The van der Waals surface area contributed by atoms with E-state index in [1.54, 1.807) is 26.2 Å². The van der Waals surface area contributed by atoms with Gasteiger partial charge in [0.1, 0.15) is 5.75 Å². The van der Waals surface area contributed by atoms with Crippen molar-refractivity contribution in [3.05, 3.63) is 36.0 Å². The van der Waals surface area contributed by atoms with Gasteiger partial charge in [-0.2, -0.15) is 4.98 Å². The molecule has 0 radical (unpaired) electrons. The van der Waals surface area contributed by atoms with Crippen LogP contribution in [0.25, 0.3) is 0 Å². The van der Waals surface area contributed by atoms with Gasteiger partial charge in [0.2, 0.25) is 17.7 Å². The summed E-state index contributed by atoms with van der Waals surface area (Å²) in [5.74, 6) is 1.23. The van der Waals surface area contributed by atoms with Crippen molar-refractivity contribution in [1.82, 2.24) is 19.9 Å². The Bertz CT molecular complexity index is 799. The van der Waals surface area contributed by atoms with E-state index in [9.17, 15) is 9.59 Å².